The Morgan fingerprint density at radius 2 is 2.18 bits per heavy atom. The number of carbonyl (C=O) groups excluding carboxylic acids is 1. The number of nitrogens with two attached hydrogens (primary N) is 1. The fourth-order valence-corrected chi connectivity index (χ4v) is 1.65. The number of hydrogen-bond acceptors (Lipinski definition) is 5. The first-order chi connectivity index (χ1) is 8.10. The maximum absolute atomic E-state index is 11.4. The van der Waals surface area contributed by atoms with Crippen LogP contribution in [0.2, 0.25) is 0 Å². The van der Waals surface area contributed by atoms with Crippen molar-refractivity contribution in [2.75, 3.05) is 25.5 Å². The average molecular weight is 237 g/mol. The summed E-state index contributed by atoms with van der Waals surface area (Å²) in [4.78, 5) is 21.7. The molecule has 0 saturated heterocycles. The summed E-state index contributed by atoms with van der Waals surface area (Å²) in [7, 11) is 3.51. The number of aromatic nitrogens is 2. The molecule has 0 aliphatic carbocycles. The van der Waals surface area contributed by atoms with Crippen LogP contribution in [0.3, 0.4) is 0 Å². The Kier molecular flexibility index (Phi) is 4.84. The van der Waals surface area contributed by atoms with Crippen LogP contribution in [-0.2, 0) is 11.3 Å². The lowest BCUT2D eigenvalue weighted by Crippen LogP contribution is -2.35. The zero-order valence-electron chi connectivity index (χ0n) is 10.5. The third kappa shape index (κ3) is 3.39. The van der Waals surface area contributed by atoms with E-state index in [1.165, 1.54) is 0 Å². The van der Waals surface area contributed by atoms with E-state index in [0.717, 1.165) is 11.5 Å². The van der Waals surface area contributed by atoms with E-state index in [2.05, 4.69) is 15.3 Å². The fraction of sp³-hybridized carbons (Fsp3) is 0.545. The number of nitrogens with one attached hydrogen (secondary N) is 1. The summed E-state index contributed by atoms with van der Waals surface area (Å²) in [5.74, 6) is 0.624. The molecule has 1 atom stereocenters. The van der Waals surface area contributed by atoms with Crippen molar-refractivity contribution >= 4 is 11.7 Å². The summed E-state index contributed by atoms with van der Waals surface area (Å²) in [6, 6.07) is 0. The van der Waals surface area contributed by atoms with Crippen molar-refractivity contribution < 1.29 is 4.79 Å². The number of carbonyl (C=O) groups is 1. The summed E-state index contributed by atoms with van der Waals surface area (Å²) >= 11 is 0. The number of nitrogens with zero attached hydrogens (tertiary/aromatic N) is 3. The van der Waals surface area contributed by atoms with Crippen molar-refractivity contribution in [3.63, 3.8) is 0 Å². The lowest BCUT2D eigenvalue weighted by Gasteiger charge is -2.22. The van der Waals surface area contributed by atoms with Gasteiger partial charge < -0.3 is 16.0 Å². The van der Waals surface area contributed by atoms with Crippen molar-refractivity contribution in [3.8, 4) is 0 Å². The molecule has 0 aromatic carbocycles. The highest BCUT2D eigenvalue weighted by Gasteiger charge is 2.16. The van der Waals surface area contributed by atoms with Gasteiger partial charge in [0.25, 0.3) is 0 Å². The van der Waals surface area contributed by atoms with Gasteiger partial charge in [0.2, 0.25) is 5.91 Å². The molecule has 1 amide bonds. The van der Waals surface area contributed by atoms with E-state index in [1.807, 2.05) is 18.9 Å². The Bertz CT molecular complexity index is 382. The molecule has 94 valence electrons. The highest BCUT2D eigenvalue weighted by Crippen LogP contribution is 2.14. The van der Waals surface area contributed by atoms with Gasteiger partial charge >= 0.3 is 0 Å². The Morgan fingerprint density at radius 1 is 1.53 bits per heavy atom. The van der Waals surface area contributed by atoms with Crippen LogP contribution in [0.4, 0.5) is 5.82 Å². The zero-order chi connectivity index (χ0) is 12.8. The normalized spacial score (nSPS) is 12.0. The third-order valence-electron chi connectivity index (χ3n) is 2.55. The molecule has 1 rings (SSSR count). The lowest BCUT2D eigenvalue weighted by atomic mass is 10.1. The molecular formula is C11H19N5O. The summed E-state index contributed by atoms with van der Waals surface area (Å²) in [5.41, 5.74) is 6.33. The maximum Gasteiger partial charge on any atom is 0.224 e. The van der Waals surface area contributed by atoms with Gasteiger partial charge in [-0.15, -0.1) is 0 Å². The Labute approximate surface area is 101 Å². The number of rotatable bonds is 5. The summed E-state index contributed by atoms with van der Waals surface area (Å²) in [6.07, 6.45) is 3.23. The molecule has 6 heteroatoms. The van der Waals surface area contributed by atoms with Crippen molar-refractivity contribution in [1.82, 2.24) is 15.3 Å². The molecule has 0 aliphatic rings. The molecule has 6 nitrogen and oxygen atoms in total. The largest absolute Gasteiger partial charge is 0.359 e. The van der Waals surface area contributed by atoms with Crippen LogP contribution in [0.5, 0.6) is 0 Å². The Hall–Kier alpha value is -1.69. The third-order valence-corrected chi connectivity index (χ3v) is 2.55. The van der Waals surface area contributed by atoms with Crippen LogP contribution in [-0.4, -0.2) is 36.5 Å². The first-order valence-corrected chi connectivity index (χ1v) is 5.52. The SMILES string of the molecule is CNC(=O)C(C)CN(C)c1nccnc1CN. The number of amides is 1. The highest BCUT2D eigenvalue weighted by atomic mass is 16.1. The van der Waals surface area contributed by atoms with Crippen LogP contribution in [0.15, 0.2) is 12.4 Å². The van der Waals surface area contributed by atoms with Crippen molar-refractivity contribution in [2.45, 2.75) is 13.5 Å². The molecule has 1 unspecified atom stereocenters. The molecule has 0 radical (unpaired) electrons. The number of anilines is 1. The van der Waals surface area contributed by atoms with E-state index in [9.17, 15) is 4.79 Å². The quantitative estimate of drug-likeness (QED) is 0.738. The van der Waals surface area contributed by atoms with Crippen LogP contribution in [0, 0.1) is 5.92 Å². The van der Waals surface area contributed by atoms with E-state index in [4.69, 9.17) is 5.73 Å². The van der Waals surface area contributed by atoms with Crippen molar-refractivity contribution in [1.29, 1.82) is 0 Å². The zero-order valence-corrected chi connectivity index (χ0v) is 10.5. The predicted octanol–water partition coefficient (Wildman–Crippen LogP) is -0.246. The smallest absolute Gasteiger partial charge is 0.224 e. The molecule has 0 aliphatic heterocycles. The standard InChI is InChI=1S/C11H19N5O/c1-8(11(17)13-2)7-16(3)10-9(6-12)14-4-5-15-10/h4-5,8H,6-7,12H2,1-3H3,(H,13,17). The minimum atomic E-state index is -0.113. The van der Waals surface area contributed by atoms with E-state index in [-0.39, 0.29) is 11.8 Å². The van der Waals surface area contributed by atoms with E-state index in [0.29, 0.717) is 13.1 Å². The molecule has 1 heterocycles. The van der Waals surface area contributed by atoms with Crippen molar-refractivity contribution in [2.24, 2.45) is 11.7 Å². The summed E-state index contributed by atoms with van der Waals surface area (Å²) < 4.78 is 0. The van der Waals surface area contributed by atoms with Gasteiger partial charge in [0.15, 0.2) is 5.82 Å². The van der Waals surface area contributed by atoms with Gasteiger partial charge in [-0.2, -0.15) is 0 Å². The second-order valence-corrected chi connectivity index (χ2v) is 3.93. The van der Waals surface area contributed by atoms with E-state index in [1.54, 1.807) is 19.4 Å². The lowest BCUT2D eigenvalue weighted by molar-refractivity contribution is -0.123. The van der Waals surface area contributed by atoms with Gasteiger partial charge in [-0.05, 0) is 0 Å². The number of hydrogen-bond donors (Lipinski definition) is 2. The summed E-state index contributed by atoms with van der Waals surface area (Å²) in [5, 5.41) is 2.62. The molecule has 0 fully saturated rings. The van der Waals surface area contributed by atoms with Crippen LogP contribution >= 0.6 is 0 Å². The first-order valence-electron chi connectivity index (χ1n) is 5.52. The van der Waals surface area contributed by atoms with Crippen LogP contribution < -0.4 is 16.0 Å². The molecule has 1 aromatic heterocycles. The van der Waals surface area contributed by atoms with Gasteiger partial charge in [-0.25, -0.2) is 4.98 Å². The minimum Gasteiger partial charge on any atom is -0.359 e. The molecular weight excluding hydrogens is 218 g/mol. The first kappa shape index (κ1) is 13.4. The Balaban J connectivity index is 2.75. The maximum atomic E-state index is 11.4. The minimum absolute atomic E-state index is 0.00930. The fourth-order valence-electron chi connectivity index (χ4n) is 1.65. The molecule has 0 bridgehead atoms. The van der Waals surface area contributed by atoms with Crippen molar-refractivity contribution in [3.05, 3.63) is 18.1 Å². The molecule has 3 N–H and O–H groups in total. The van der Waals surface area contributed by atoms with Gasteiger partial charge in [0.05, 0.1) is 11.6 Å². The van der Waals surface area contributed by atoms with Gasteiger partial charge in [-0.3, -0.25) is 9.78 Å². The van der Waals surface area contributed by atoms with E-state index < -0.39 is 0 Å². The average Bonchev–Trinajstić information content (AvgIpc) is 2.37. The molecule has 1 aromatic rings. The predicted molar refractivity (Wildman–Crippen MR) is 66.4 cm³/mol. The summed E-state index contributed by atoms with van der Waals surface area (Å²) in [6.45, 7) is 2.78. The topological polar surface area (TPSA) is 84.1 Å². The highest BCUT2D eigenvalue weighted by molar-refractivity contribution is 5.78. The van der Waals surface area contributed by atoms with E-state index >= 15 is 0 Å². The monoisotopic (exact) mass is 237 g/mol. The molecule has 0 spiro atoms. The van der Waals surface area contributed by atoms with Crippen LogP contribution in [0.1, 0.15) is 12.6 Å². The van der Waals surface area contributed by atoms with Gasteiger partial charge in [0, 0.05) is 39.6 Å². The second kappa shape index (κ2) is 6.15. The Morgan fingerprint density at radius 3 is 2.76 bits per heavy atom. The molecule has 17 heavy (non-hydrogen) atoms. The second-order valence-electron chi connectivity index (χ2n) is 3.93. The van der Waals surface area contributed by atoms with Crippen LogP contribution in [0.25, 0.3) is 0 Å². The van der Waals surface area contributed by atoms with Gasteiger partial charge in [0.1, 0.15) is 0 Å². The van der Waals surface area contributed by atoms with Gasteiger partial charge in [-0.1, -0.05) is 6.92 Å². The molecule has 0 saturated carbocycles.